The highest BCUT2D eigenvalue weighted by atomic mass is 127. The van der Waals surface area contributed by atoms with Gasteiger partial charge in [0.1, 0.15) is 0 Å². The molecule has 23 heavy (non-hydrogen) atoms. The number of aliphatic imine (C=N–C) groups is 1. The summed E-state index contributed by atoms with van der Waals surface area (Å²) in [4.78, 5) is 7.12. The molecule has 0 amide bonds. The molecule has 0 aliphatic heterocycles. The molecular weight excluding hydrogens is 403 g/mol. The highest BCUT2D eigenvalue weighted by Crippen LogP contribution is 2.25. The van der Waals surface area contributed by atoms with Crippen LogP contribution in [-0.2, 0) is 0 Å². The molecule has 0 aromatic rings. The van der Waals surface area contributed by atoms with Crippen LogP contribution in [0.4, 0.5) is 0 Å². The normalized spacial score (nSPS) is 21.9. The van der Waals surface area contributed by atoms with Crippen LogP contribution in [0.3, 0.4) is 0 Å². The molecule has 0 bridgehead atoms. The summed E-state index contributed by atoms with van der Waals surface area (Å²) in [5.74, 6) is 1.20. The van der Waals surface area contributed by atoms with Crippen molar-refractivity contribution >= 4 is 29.9 Å². The Kier molecular flexibility index (Phi) is 12.3. The summed E-state index contributed by atoms with van der Waals surface area (Å²) in [6, 6.07) is 1.10. The third-order valence-electron chi connectivity index (χ3n) is 4.44. The zero-order valence-electron chi connectivity index (χ0n) is 15.5. The monoisotopic (exact) mass is 440 g/mol. The fraction of sp³-hybridized carbons (Fsp3) is 0.941. The Labute approximate surface area is 159 Å². The maximum absolute atomic E-state index is 9.89. The molecule has 1 aliphatic carbocycles. The standard InChI is InChI=1S/C17H36N4O.HI/c1-6-18-17(20-12-15-8-7-9-16(15)22)19-10-11-21(13(2)3)14(4)5;/h13-16,22H,6-12H2,1-5H3,(H2,18,19,20);1H. The largest absolute Gasteiger partial charge is 0.393 e. The van der Waals surface area contributed by atoms with Crippen molar-refractivity contribution < 1.29 is 5.11 Å². The Balaban J connectivity index is 0.00000484. The SMILES string of the molecule is CCNC(=NCC1CCCC1O)NCCN(C(C)C)C(C)C.I. The van der Waals surface area contributed by atoms with Gasteiger partial charge in [0.2, 0.25) is 0 Å². The second-order valence-electron chi connectivity index (χ2n) is 6.83. The van der Waals surface area contributed by atoms with Crippen molar-refractivity contribution in [1.82, 2.24) is 15.5 Å². The quantitative estimate of drug-likeness (QED) is 0.308. The molecule has 0 aromatic carbocycles. The molecule has 6 heteroatoms. The smallest absolute Gasteiger partial charge is 0.191 e. The molecule has 0 aromatic heterocycles. The minimum absolute atomic E-state index is 0. The van der Waals surface area contributed by atoms with E-state index in [4.69, 9.17) is 0 Å². The zero-order chi connectivity index (χ0) is 16.5. The number of nitrogens with one attached hydrogen (secondary N) is 2. The van der Waals surface area contributed by atoms with Crippen molar-refractivity contribution in [3.63, 3.8) is 0 Å². The van der Waals surface area contributed by atoms with E-state index in [1.54, 1.807) is 0 Å². The Bertz CT molecular complexity index is 329. The summed E-state index contributed by atoms with van der Waals surface area (Å²) in [6.07, 6.45) is 2.99. The van der Waals surface area contributed by atoms with Crippen LogP contribution in [0.1, 0.15) is 53.9 Å². The van der Waals surface area contributed by atoms with Crippen molar-refractivity contribution in [2.75, 3.05) is 26.2 Å². The van der Waals surface area contributed by atoms with Crippen molar-refractivity contribution in [1.29, 1.82) is 0 Å². The van der Waals surface area contributed by atoms with Crippen LogP contribution in [0, 0.1) is 5.92 Å². The lowest BCUT2D eigenvalue weighted by molar-refractivity contribution is 0.136. The molecule has 1 saturated carbocycles. The summed E-state index contributed by atoms with van der Waals surface area (Å²) < 4.78 is 0. The molecule has 1 rings (SSSR count). The van der Waals surface area contributed by atoms with Gasteiger partial charge in [0.25, 0.3) is 0 Å². The van der Waals surface area contributed by atoms with Gasteiger partial charge in [-0.05, 0) is 47.5 Å². The van der Waals surface area contributed by atoms with E-state index in [1.165, 1.54) is 0 Å². The summed E-state index contributed by atoms with van der Waals surface area (Å²) in [7, 11) is 0. The first kappa shape index (κ1) is 22.9. The molecule has 2 unspecified atom stereocenters. The first-order valence-electron chi connectivity index (χ1n) is 8.91. The van der Waals surface area contributed by atoms with Crippen LogP contribution in [0.15, 0.2) is 4.99 Å². The van der Waals surface area contributed by atoms with Crippen molar-refractivity contribution in [3.8, 4) is 0 Å². The minimum Gasteiger partial charge on any atom is -0.393 e. The van der Waals surface area contributed by atoms with Crippen LogP contribution < -0.4 is 10.6 Å². The van der Waals surface area contributed by atoms with Gasteiger partial charge in [-0.2, -0.15) is 0 Å². The zero-order valence-corrected chi connectivity index (χ0v) is 17.8. The van der Waals surface area contributed by atoms with Crippen LogP contribution >= 0.6 is 24.0 Å². The van der Waals surface area contributed by atoms with Crippen molar-refractivity contribution in [2.24, 2.45) is 10.9 Å². The lowest BCUT2D eigenvalue weighted by Crippen LogP contribution is -2.45. The number of hydrogen-bond donors (Lipinski definition) is 3. The Morgan fingerprint density at radius 3 is 2.30 bits per heavy atom. The first-order chi connectivity index (χ1) is 10.5. The molecule has 5 nitrogen and oxygen atoms in total. The Hall–Kier alpha value is -0.0800. The van der Waals surface area contributed by atoms with E-state index >= 15 is 0 Å². The number of nitrogens with zero attached hydrogens (tertiary/aromatic N) is 2. The van der Waals surface area contributed by atoms with E-state index in [0.29, 0.717) is 24.5 Å². The lowest BCUT2D eigenvalue weighted by Gasteiger charge is -2.30. The van der Waals surface area contributed by atoms with Gasteiger partial charge in [-0.3, -0.25) is 9.89 Å². The van der Waals surface area contributed by atoms with Gasteiger partial charge in [-0.15, -0.1) is 24.0 Å². The van der Waals surface area contributed by atoms with Gasteiger partial charge < -0.3 is 15.7 Å². The maximum atomic E-state index is 9.89. The van der Waals surface area contributed by atoms with Crippen molar-refractivity contribution in [2.45, 2.75) is 72.1 Å². The fourth-order valence-electron chi connectivity index (χ4n) is 3.20. The van der Waals surface area contributed by atoms with Gasteiger partial charge in [0.15, 0.2) is 5.96 Å². The average Bonchev–Trinajstić information content (AvgIpc) is 2.85. The highest BCUT2D eigenvalue weighted by molar-refractivity contribution is 14.0. The number of halogens is 1. The van der Waals surface area contributed by atoms with E-state index in [1.807, 2.05) is 0 Å². The van der Waals surface area contributed by atoms with Gasteiger partial charge in [-0.1, -0.05) is 6.42 Å². The van der Waals surface area contributed by atoms with Gasteiger partial charge in [-0.25, -0.2) is 0 Å². The molecule has 0 saturated heterocycles. The van der Waals surface area contributed by atoms with Gasteiger partial charge in [0, 0.05) is 44.2 Å². The molecule has 2 atom stereocenters. The summed E-state index contributed by atoms with van der Waals surface area (Å²) in [5.41, 5.74) is 0. The summed E-state index contributed by atoms with van der Waals surface area (Å²) in [5, 5.41) is 16.6. The predicted molar refractivity (Wildman–Crippen MR) is 110 cm³/mol. The second-order valence-corrected chi connectivity index (χ2v) is 6.83. The van der Waals surface area contributed by atoms with E-state index in [0.717, 1.165) is 44.9 Å². The fourth-order valence-corrected chi connectivity index (χ4v) is 3.20. The number of aliphatic hydroxyl groups excluding tert-OH is 1. The third kappa shape index (κ3) is 8.54. The second kappa shape index (κ2) is 12.3. The number of rotatable bonds is 8. The number of guanidine groups is 1. The van der Waals surface area contributed by atoms with E-state index in [9.17, 15) is 5.11 Å². The molecule has 0 heterocycles. The van der Waals surface area contributed by atoms with Gasteiger partial charge in [0.05, 0.1) is 6.10 Å². The molecule has 0 spiro atoms. The lowest BCUT2D eigenvalue weighted by atomic mass is 10.1. The van der Waals surface area contributed by atoms with E-state index in [2.05, 4.69) is 55.1 Å². The third-order valence-corrected chi connectivity index (χ3v) is 4.44. The van der Waals surface area contributed by atoms with Crippen LogP contribution in [0.2, 0.25) is 0 Å². The molecule has 1 aliphatic rings. The maximum Gasteiger partial charge on any atom is 0.191 e. The number of hydrogen-bond acceptors (Lipinski definition) is 3. The van der Waals surface area contributed by atoms with Crippen LogP contribution in [0.5, 0.6) is 0 Å². The van der Waals surface area contributed by atoms with E-state index in [-0.39, 0.29) is 30.1 Å². The summed E-state index contributed by atoms with van der Waals surface area (Å²) in [6.45, 7) is 14.5. The molecule has 0 radical (unpaired) electrons. The molecule has 1 fully saturated rings. The molecule has 138 valence electrons. The van der Waals surface area contributed by atoms with Crippen molar-refractivity contribution in [3.05, 3.63) is 0 Å². The highest BCUT2D eigenvalue weighted by Gasteiger charge is 2.24. The van der Waals surface area contributed by atoms with Crippen LogP contribution in [-0.4, -0.2) is 60.3 Å². The van der Waals surface area contributed by atoms with Gasteiger partial charge >= 0.3 is 0 Å². The number of aliphatic hydroxyl groups is 1. The summed E-state index contributed by atoms with van der Waals surface area (Å²) >= 11 is 0. The molecule has 3 N–H and O–H groups in total. The predicted octanol–water partition coefficient (Wildman–Crippen LogP) is 2.44. The molecular formula is C17H37IN4O. The minimum atomic E-state index is -0.163. The first-order valence-corrected chi connectivity index (χ1v) is 8.91. The average molecular weight is 440 g/mol. The Morgan fingerprint density at radius 1 is 1.17 bits per heavy atom. The van der Waals surface area contributed by atoms with E-state index < -0.39 is 0 Å². The topological polar surface area (TPSA) is 59.9 Å². The van der Waals surface area contributed by atoms with Crippen LogP contribution in [0.25, 0.3) is 0 Å². The Morgan fingerprint density at radius 2 is 1.83 bits per heavy atom.